The normalized spacial score (nSPS) is 30.4. The van der Waals surface area contributed by atoms with E-state index in [0.29, 0.717) is 39.5 Å². The molecule has 6 unspecified atom stereocenters. The Kier molecular flexibility index (Phi) is 35.1. The highest BCUT2D eigenvalue weighted by Gasteiger charge is 2.44. The van der Waals surface area contributed by atoms with Gasteiger partial charge in [-0.05, 0) is 38.5 Å². The van der Waals surface area contributed by atoms with Crippen molar-refractivity contribution in [2.24, 2.45) is 23.2 Å². The van der Waals surface area contributed by atoms with Crippen molar-refractivity contribution in [1.29, 1.82) is 0 Å². The SMILES string of the molecule is CC1[C@H](OCCCCCCNC(=O)CCOCC(C)(COCCC(=O)NCCCCCCO[C@@H]2OC(CO)[C@H](O)[C@H](O)C2C)COCCC(=O)NCCCCCCO[C@@H]2OC(CO)[C@H](O)[C@H](O)C2C)OC(CO)[C@H](O)[C@@H]1O. The van der Waals surface area contributed by atoms with Gasteiger partial charge in [-0.3, -0.25) is 14.4 Å². The van der Waals surface area contributed by atoms with Crippen molar-refractivity contribution < 1.29 is 103 Å². The lowest BCUT2D eigenvalue weighted by Gasteiger charge is -2.40. The van der Waals surface area contributed by atoms with Gasteiger partial charge in [-0.15, -0.1) is 0 Å². The maximum absolute atomic E-state index is 12.6. The lowest BCUT2D eigenvalue weighted by Crippen LogP contribution is -2.55. The maximum atomic E-state index is 12.6. The Bertz CT molecular complexity index is 1400. The van der Waals surface area contributed by atoms with Crippen LogP contribution in [0.25, 0.3) is 0 Å². The molecular formula is C53H99N3O21. The number of unbranched alkanes of at least 4 members (excludes halogenated alkanes) is 9. The average Bonchev–Trinajstić information content (AvgIpc) is 3.42. The zero-order valence-electron chi connectivity index (χ0n) is 46.3. The molecule has 0 aliphatic carbocycles. The van der Waals surface area contributed by atoms with Gasteiger partial charge in [0.25, 0.3) is 0 Å². The molecule has 0 radical (unpaired) electrons. The number of amides is 3. The standard InChI is InChI=1S/C53H99N3O21/c1-35-44(63)47(66)38(29-57)75-50(35)72-23-14-8-5-11-20-54-41(60)17-26-69-32-53(4,33-70-27-18-42(61)55-21-12-6-9-15-24-73-51-36(2)45(64)48(67)39(30-58)76-51)34-71-28-19-43(62)56-22-13-7-10-16-25-74-52-37(3)46(65)49(68)40(31-59)77-52/h35-40,44-52,57-59,63-68H,5-34H2,1-4H3,(H,54,60)(H,55,61)(H,56,62)/t35?,36?,37?,38?,39?,40?,44-,45-,46-,47+,48+,49+,50-,51-,52-,53?/m1/s1. The fourth-order valence-electron chi connectivity index (χ4n) is 9.10. The minimum Gasteiger partial charge on any atom is -0.394 e. The molecule has 12 N–H and O–H groups in total. The number of aliphatic hydroxyl groups excluding tert-OH is 9. The van der Waals surface area contributed by atoms with Crippen LogP contribution >= 0.6 is 0 Å². The molecule has 15 atom stereocenters. The zero-order valence-corrected chi connectivity index (χ0v) is 46.3. The van der Waals surface area contributed by atoms with E-state index in [4.69, 9.17) is 42.6 Å². The van der Waals surface area contributed by atoms with Crippen molar-refractivity contribution in [3.05, 3.63) is 0 Å². The topological polar surface area (TPSA) is 352 Å². The lowest BCUT2D eigenvalue weighted by atomic mass is 9.92. The summed E-state index contributed by atoms with van der Waals surface area (Å²) in [7, 11) is 0. The first kappa shape index (κ1) is 69.0. The van der Waals surface area contributed by atoms with Crippen LogP contribution in [0.1, 0.15) is 124 Å². The Morgan fingerprint density at radius 3 is 0.922 bits per heavy atom. The van der Waals surface area contributed by atoms with Gasteiger partial charge >= 0.3 is 0 Å². The number of ether oxygens (including phenoxy) is 9. The van der Waals surface area contributed by atoms with Crippen molar-refractivity contribution in [1.82, 2.24) is 16.0 Å². The molecule has 24 heteroatoms. The Labute approximate surface area is 455 Å². The van der Waals surface area contributed by atoms with Crippen LogP contribution in [-0.2, 0) is 57.0 Å². The third-order valence-corrected chi connectivity index (χ3v) is 14.4. The Morgan fingerprint density at radius 2 is 0.662 bits per heavy atom. The van der Waals surface area contributed by atoms with Gasteiger partial charge in [-0.25, -0.2) is 0 Å². The van der Waals surface area contributed by atoms with Gasteiger partial charge in [-0.2, -0.15) is 0 Å². The number of hydrogen-bond donors (Lipinski definition) is 12. The van der Waals surface area contributed by atoms with Gasteiger partial charge in [0.15, 0.2) is 18.9 Å². The average molecular weight is 1110 g/mol. The van der Waals surface area contributed by atoms with Gasteiger partial charge < -0.3 is 105 Å². The van der Waals surface area contributed by atoms with Crippen LogP contribution in [0.15, 0.2) is 0 Å². The second-order valence-electron chi connectivity index (χ2n) is 21.3. The van der Waals surface area contributed by atoms with E-state index in [9.17, 15) is 60.3 Å². The Balaban J connectivity index is 1.29. The lowest BCUT2D eigenvalue weighted by molar-refractivity contribution is -0.282. The van der Waals surface area contributed by atoms with Gasteiger partial charge in [0.2, 0.25) is 17.7 Å². The van der Waals surface area contributed by atoms with Crippen LogP contribution < -0.4 is 16.0 Å². The van der Waals surface area contributed by atoms with Gasteiger partial charge in [-0.1, -0.05) is 66.2 Å². The molecule has 77 heavy (non-hydrogen) atoms. The molecule has 24 nitrogen and oxygen atoms in total. The van der Waals surface area contributed by atoms with E-state index in [-0.39, 0.29) is 76.6 Å². The summed E-state index contributed by atoms with van der Waals surface area (Å²) >= 11 is 0. The molecule has 3 aliphatic heterocycles. The van der Waals surface area contributed by atoms with Gasteiger partial charge in [0.05, 0.1) is 77.8 Å². The summed E-state index contributed by atoms with van der Waals surface area (Å²) in [4.78, 5) is 37.8. The fourth-order valence-corrected chi connectivity index (χ4v) is 9.10. The first-order chi connectivity index (χ1) is 37.0. The summed E-state index contributed by atoms with van der Waals surface area (Å²) in [5, 5.41) is 97.7. The predicted octanol–water partition coefficient (Wildman–Crippen LogP) is -0.482. The molecular weight excluding hydrogens is 1010 g/mol. The second kappa shape index (κ2) is 39.2. The largest absolute Gasteiger partial charge is 0.394 e. The molecule has 3 heterocycles. The zero-order chi connectivity index (χ0) is 56.6. The van der Waals surface area contributed by atoms with E-state index in [0.717, 1.165) is 77.0 Å². The minimum atomic E-state index is -1.17. The molecule has 0 aromatic rings. The first-order valence-electron chi connectivity index (χ1n) is 28.2. The van der Waals surface area contributed by atoms with Crippen LogP contribution in [0.4, 0.5) is 0 Å². The van der Waals surface area contributed by atoms with Crippen molar-refractivity contribution in [3.8, 4) is 0 Å². The third kappa shape index (κ3) is 26.0. The van der Waals surface area contributed by atoms with Crippen LogP contribution in [0.2, 0.25) is 0 Å². The van der Waals surface area contributed by atoms with Crippen LogP contribution in [0.5, 0.6) is 0 Å². The molecule has 0 spiro atoms. The molecule has 0 saturated carbocycles. The molecule has 3 amide bonds. The summed E-state index contributed by atoms with van der Waals surface area (Å²) in [6.07, 6.45) is -1.43. The summed E-state index contributed by atoms with van der Waals surface area (Å²) < 4.78 is 52.0. The first-order valence-corrected chi connectivity index (χ1v) is 28.2. The monoisotopic (exact) mass is 1110 g/mol. The number of rotatable bonds is 42. The highest BCUT2D eigenvalue weighted by molar-refractivity contribution is 5.76. The number of hydrogen-bond acceptors (Lipinski definition) is 21. The van der Waals surface area contributed by atoms with E-state index in [1.807, 2.05) is 6.92 Å². The number of carbonyl (C=O) groups is 3. The smallest absolute Gasteiger partial charge is 0.222 e. The summed E-state index contributed by atoms with van der Waals surface area (Å²) in [5.41, 5.74) is -0.658. The van der Waals surface area contributed by atoms with Gasteiger partial charge in [0, 0.05) is 81.9 Å². The highest BCUT2D eigenvalue weighted by atomic mass is 16.7. The van der Waals surface area contributed by atoms with Crippen LogP contribution in [-0.4, -0.2) is 236 Å². The van der Waals surface area contributed by atoms with Crippen LogP contribution in [0, 0.1) is 23.2 Å². The van der Waals surface area contributed by atoms with Crippen molar-refractivity contribution in [3.63, 3.8) is 0 Å². The Morgan fingerprint density at radius 1 is 0.403 bits per heavy atom. The number of carbonyl (C=O) groups excluding carboxylic acids is 3. The molecule has 3 rings (SSSR count). The molecule has 452 valence electrons. The highest BCUT2D eigenvalue weighted by Crippen LogP contribution is 2.29. The molecule has 3 fully saturated rings. The fraction of sp³-hybridized carbons (Fsp3) is 0.943. The van der Waals surface area contributed by atoms with E-state index in [2.05, 4.69) is 16.0 Å². The quantitative estimate of drug-likeness (QED) is 0.0343. The molecule has 0 aromatic heterocycles. The van der Waals surface area contributed by atoms with E-state index >= 15 is 0 Å². The second-order valence-corrected chi connectivity index (χ2v) is 21.3. The van der Waals surface area contributed by atoms with Crippen molar-refractivity contribution >= 4 is 17.7 Å². The Hall–Kier alpha value is -2.31. The van der Waals surface area contributed by atoms with Gasteiger partial charge in [0.1, 0.15) is 36.6 Å². The number of nitrogens with one attached hydrogen (secondary N) is 3. The van der Waals surface area contributed by atoms with E-state index < -0.39 is 117 Å². The predicted molar refractivity (Wildman–Crippen MR) is 277 cm³/mol. The molecule has 3 saturated heterocycles. The van der Waals surface area contributed by atoms with E-state index in [1.54, 1.807) is 20.8 Å². The summed E-state index contributed by atoms with van der Waals surface area (Å²) in [5.74, 6) is -1.78. The van der Waals surface area contributed by atoms with Crippen molar-refractivity contribution in [2.45, 2.75) is 198 Å². The maximum Gasteiger partial charge on any atom is 0.222 e. The summed E-state index contributed by atoms with van der Waals surface area (Å²) in [6, 6.07) is 0. The van der Waals surface area contributed by atoms with Crippen LogP contribution in [0.3, 0.4) is 0 Å². The number of aliphatic hydroxyl groups is 9. The van der Waals surface area contributed by atoms with E-state index in [1.165, 1.54) is 0 Å². The minimum absolute atomic E-state index is 0.147. The molecule has 0 bridgehead atoms. The van der Waals surface area contributed by atoms with Crippen molar-refractivity contribution in [2.75, 3.05) is 98.9 Å². The third-order valence-electron chi connectivity index (χ3n) is 14.4. The summed E-state index contributed by atoms with van der Waals surface area (Å²) in [6.45, 7) is 9.59. The molecule has 0 aromatic carbocycles. The molecule has 3 aliphatic rings.